The maximum atomic E-state index is 5.69. The van der Waals surface area contributed by atoms with Crippen molar-refractivity contribution in [2.75, 3.05) is 52.0 Å². The van der Waals surface area contributed by atoms with Crippen LogP contribution in [0.5, 0.6) is 0 Å². The van der Waals surface area contributed by atoms with Gasteiger partial charge in [0.1, 0.15) is 0 Å². The largest absolute Gasteiger partial charge is 0.383 e. The molecule has 1 aromatic rings. The van der Waals surface area contributed by atoms with Crippen LogP contribution in [0.25, 0.3) is 0 Å². The first-order chi connectivity index (χ1) is 9.22. The van der Waals surface area contributed by atoms with E-state index in [1.165, 1.54) is 11.3 Å². The average molecular weight is 331 g/mol. The second-order valence-corrected chi connectivity index (χ2v) is 5.20. The van der Waals surface area contributed by atoms with Gasteiger partial charge in [0.05, 0.1) is 13.2 Å². The number of benzene rings is 1. The number of rotatable bonds is 9. The van der Waals surface area contributed by atoms with Gasteiger partial charge in [-0.1, -0.05) is 22.0 Å². The van der Waals surface area contributed by atoms with E-state index in [0.717, 1.165) is 24.0 Å². The van der Waals surface area contributed by atoms with E-state index in [9.17, 15) is 0 Å². The van der Waals surface area contributed by atoms with Crippen molar-refractivity contribution in [3.8, 4) is 0 Å². The molecular formula is C14H23BrN2O2. The second-order valence-electron chi connectivity index (χ2n) is 4.28. The SMILES string of the molecule is COCCN(CCOC)c1cc(Br)ccc1CCN. The standard InChI is InChI=1S/C14H23BrN2O2/c1-18-9-7-17(8-10-19-2)14-11-13(15)4-3-12(14)5-6-16/h3-4,11H,5-10,16H2,1-2H3. The summed E-state index contributed by atoms with van der Waals surface area (Å²) in [6, 6.07) is 6.31. The summed E-state index contributed by atoms with van der Waals surface area (Å²) in [6.07, 6.45) is 0.874. The van der Waals surface area contributed by atoms with Crippen LogP contribution in [0, 0.1) is 0 Å². The number of hydrogen-bond acceptors (Lipinski definition) is 4. The van der Waals surface area contributed by atoms with Gasteiger partial charge in [-0.2, -0.15) is 0 Å². The van der Waals surface area contributed by atoms with Gasteiger partial charge < -0.3 is 20.1 Å². The maximum Gasteiger partial charge on any atom is 0.0637 e. The number of nitrogens with two attached hydrogens (primary N) is 1. The predicted molar refractivity (Wildman–Crippen MR) is 82.9 cm³/mol. The molecule has 0 radical (unpaired) electrons. The Kier molecular flexibility index (Phi) is 8.05. The molecule has 1 aromatic carbocycles. The fraction of sp³-hybridized carbons (Fsp3) is 0.571. The van der Waals surface area contributed by atoms with Crippen LogP contribution < -0.4 is 10.6 Å². The molecule has 19 heavy (non-hydrogen) atoms. The number of anilines is 1. The molecule has 0 aliphatic rings. The van der Waals surface area contributed by atoms with E-state index in [-0.39, 0.29) is 0 Å². The highest BCUT2D eigenvalue weighted by atomic mass is 79.9. The Hall–Kier alpha value is -0.620. The first-order valence-electron chi connectivity index (χ1n) is 6.44. The third kappa shape index (κ3) is 5.48. The lowest BCUT2D eigenvalue weighted by Crippen LogP contribution is -2.31. The molecule has 0 aromatic heterocycles. The van der Waals surface area contributed by atoms with Crippen molar-refractivity contribution in [2.24, 2.45) is 5.73 Å². The highest BCUT2D eigenvalue weighted by Gasteiger charge is 2.11. The van der Waals surface area contributed by atoms with E-state index >= 15 is 0 Å². The topological polar surface area (TPSA) is 47.7 Å². The molecule has 0 aliphatic heterocycles. The number of halogens is 1. The van der Waals surface area contributed by atoms with Crippen molar-refractivity contribution in [1.29, 1.82) is 0 Å². The zero-order chi connectivity index (χ0) is 14.1. The van der Waals surface area contributed by atoms with Crippen molar-refractivity contribution < 1.29 is 9.47 Å². The summed E-state index contributed by atoms with van der Waals surface area (Å²) in [5, 5.41) is 0. The average Bonchev–Trinajstić information content (AvgIpc) is 2.41. The van der Waals surface area contributed by atoms with Crippen LogP contribution in [0.4, 0.5) is 5.69 Å². The smallest absolute Gasteiger partial charge is 0.0637 e. The predicted octanol–water partition coefficient (Wildman–Crippen LogP) is 2.05. The lowest BCUT2D eigenvalue weighted by atomic mass is 10.1. The number of ether oxygens (including phenoxy) is 2. The second kappa shape index (κ2) is 9.31. The third-order valence-electron chi connectivity index (χ3n) is 2.93. The molecule has 0 amide bonds. The Morgan fingerprint density at radius 1 is 1.16 bits per heavy atom. The number of hydrogen-bond donors (Lipinski definition) is 1. The zero-order valence-electron chi connectivity index (χ0n) is 11.7. The van der Waals surface area contributed by atoms with Crippen molar-refractivity contribution in [3.63, 3.8) is 0 Å². The molecule has 0 unspecified atom stereocenters. The van der Waals surface area contributed by atoms with Gasteiger partial charge in [-0.3, -0.25) is 0 Å². The van der Waals surface area contributed by atoms with Crippen LogP contribution in [-0.4, -0.2) is 47.1 Å². The third-order valence-corrected chi connectivity index (χ3v) is 3.43. The lowest BCUT2D eigenvalue weighted by molar-refractivity contribution is 0.190. The van der Waals surface area contributed by atoms with Crippen LogP contribution in [0.1, 0.15) is 5.56 Å². The maximum absolute atomic E-state index is 5.69. The van der Waals surface area contributed by atoms with Crippen LogP contribution >= 0.6 is 15.9 Å². The molecule has 0 aliphatic carbocycles. The van der Waals surface area contributed by atoms with E-state index in [1.54, 1.807) is 14.2 Å². The molecule has 0 bridgehead atoms. The molecule has 0 heterocycles. The summed E-state index contributed by atoms with van der Waals surface area (Å²) in [4.78, 5) is 2.28. The summed E-state index contributed by atoms with van der Waals surface area (Å²) in [5.41, 5.74) is 8.15. The van der Waals surface area contributed by atoms with E-state index in [0.29, 0.717) is 19.8 Å². The van der Waals surface area contributed by atoms with Gasteiger partial charge in [0, 0.05) is 37.5 Å². The molecule has 108 valence electrons. The summed E-state index contributed by atoms with van der Waals surface area (Å²) < 4.78 is 11.4. The van der Waals surface area contributed by atoms with E-state index < -0.39 is 0 Å². The molecule has 0 atom stereocenters. The molecular weight excluding hydrogens is 308 g/mol. The highest BCUT2D eigenvalue weighted by molar-refractivity contribution is 9.10. The molecule has 4 nitrogen and oxygen atoms in total. The lowest BCUT2D eigenvalue weighted by Gasteiger charge is -2.27. The van der Waals surface area contributed by atoms with Crippen molar-refractivity contribution in [1.82, 2.24) is 0 Å². The quantitative estimate of drug-likeness (QED) is 0.752. The summed E-state index contributed by atoms with van der Waals surface area (Å²) in [5.74, 6) is 0. The monoisotopic (exact) mass is 330 g/mol. The molecule has 0 fully saturated rings. The van der Waals surface area contributed by atoms with Gasteiger partial charge in [-0.15, -0.1) is 0 Å². The van der Waals surface area contributed by atoms with E-state index in [4.69, 9.17) is 15.2 Å². The zero-order valence-corrected chi connectivity index (χ0v) is 13.3. The van der Waals surface area contributed by atoms with Gasteiger partial charge in [0.15, 0.2) is 0 Å². The van der Waals surface area contributed by atoms with Gasteiger partial charge in [0.25, 0.3) is 0 Å². The fourth-order valence-corrected chi connectivity index (χ4v) is 2.30. The molecule has 0 saturated heterocycles. The Balaban J connectivity index is 2.93. The molecule has 0 saturated carbocycles. The Bertz CT molecular complexity index is 366. The molecule has 0 spiro atoms. The minimum absolute atomic E-state index is 0.650. The van der Waals surface area contributed by atoms with Crippen molar-refractivity contribution in [2.45, 2.75) is 6.42 Å². The van der Waals surface area contributed by atoms with Crippen molar-refractivity contribution >= 4 is 21.6 Å². The minimum atomic E-state index is 0.650. The summed E-state index contributed by atoms with van der Waals surface area (Å²) >= 11 is 3.53. The van der Waals surface area contributed by atoms with Gasteiger partial charge in [-0.25, -0.2) is 0 Å². The first kappa shape index (κ1) is 16.4. The number of nitrogens with zero attached hydrogens (tertiary/aromatic N) is 1. The highest BCUT2D eigenvalue weighted by Crippen LogP contribution is 2.25. The Labute approximate surface area is 124 Å². The van der Waals surface area contributed by atoms with Crippen LogP contribution in [0.15, 0.2) is 22.7 Å². The summed E-state index contributed by atoms with van der Waals surface area (Å²) in [6.45, 7) is 3.72. The van der Waals surface area contributed by atoms with E-state index in [2.05, 4.69) is 39.0 Å². The summed E-state index contributed by atoms with van der Waals surface area (Å²) in [7, 11) is 3.44. The van der Waals surface area contributed by atoms with Crippen LogP contribution in [0.3, 0.4) is 0 Å². The molecule has 5 heteroatoms. The molecule has 1 rings (SSSR count). The van der Waals surface area contributed by atoms with Gasteiger partial charge >= 0.3 is 0 Å². The Morgan fingerprint density at radius 2 is 1.79 bits per heavy atom. The van der Waals surface area contributed by atoms with Gasteiger partial charge in [0.2, 0.25) is 0 Å². The van der Waals surface area contributed by atoms with Crippen LogP contribution in [0.2, 0.25) is 0 Å². The van der Waals surface area contributed by atoms with Crippen LogP contribution in [-0.2, 0) is 15.9 Å². The number of methoxy groups -OCH3 is 2. The van der Waals surface area contributed by atoms with Gasteiger partial charge in [-0.05, 0) is 30.7 Å². The minimum Gasteiger partial charge on any atom is -0.383 e. The molecule has 2 N–H and O–H groups in total. The van der Waals surface area contributed by atoms with E-state index in [1.807, 2.05) is 0 Å². The Morgan fingerprint density at radius 3 is 2.32 bits per heavy atom. The first-order valence-corrected chi connectivity index (χ1v) is 7.23. The van der Waals surface area contributed by atoms with Crippen molar-refractivity contribution in [3.05, 3.63) is 28.2 Å². The normalized spacial score (nSPS) is 10.7. The fourth-order valence-electron chi connectivity index (χ4n) is 1.95.